The van der Waals surface area contributed by atoms with Crippen LogP contribution in [0.2, 0.25) is 5.02 Å². The van der Waals surface area contributed by atoms with Gasteiger partial charge in [0.25, 0.3) is 5.65 Å². The van der Waals surface area contributed by atoms with Gasteiger partial charge in [-0.3, -0.25) is 0 Å². The number of halogens is 2. The molecule has 0 radical (unpaired) electrons. The molecule has 0 bridgehead atoms. The zero-order valence-corrected chi connectivity index (χ0v) is 13.5. The Morgan fingerprint density at radius 2 is 1.77 bits per heavy atom. The van der Waals surface area contributed by atoms with Gasteiger partial charge < -0.3 is 0 Å². The van der Waals surface area contributed by atoms with Crippen molar-refractivity contribution in [1.29, 1.82) is 0 Å². The first-order valence-electron chi connectivity index (χ1n) is 6.42. The van der Waals surface area contributed by atoms with Crippen molar-refractivity contribution in [1.82, 2.24) is 4.40 Å². The molecule has 0 N–H and O–H groups in total. The highest BCUT2D eigenvalue weighted by molar-refractivity contribution is 6.31. The average Bonchev–Trinajstić information content (AvgIpc) is 2.68. The van der Waals surface area contributed by atoms with Crippen molar-refractivity contribution >= 4 is 28.3 Å². The first-order valence-corrected chi connectivity index (χ1v) is 8.03. The molecule has 3 aromatic rings. The van der Waals surface area contributed by atoms with Crippen LogP contribution in [0.3, 0.4) is 0 Å². The fourth-order valence-electron chi connectivity index (χ4n) is 2.37. The number of hydrogen-bond acceptors (Lipinski definition) is 4. The fraction of sp³-hybridized carbons (Fsp3) is 0.214. The van der Waals surface area contributed by atoms with Crippen LogP contribution in [0.25, 0.3) is 16.7 Å². The van der Waals surface area contributed by atoms with E-state index in [1.807, 2.05) is 12.1 Å². The van der Waals surface area contributed by atoms with Crippen LogP contribution in [0, 0.1) is 17.2 Å². The summed E-state index contributed by atoms with van der Waals surface area (Å²) in [4.78, 5) is 0. The van der Waals surface area contributed by atoms with Crippen LogP contribution in [-0.2, 0) is 6.54 Å². The molecule has 0 aliphatic heterocycles. The van der Waals surface area contributed by atoms with Gasteiger partial charge in [-0.05, 0) is 37.6 Å². The predicted molar refractivity (Wildman–Crippen MR) is 70.5 cm³/mol. The lowest BCUT2D eigenvalue weighted by molar-refractivity contribution is -2.00. The molecule has 2 heterocycles. The monoisotopic (exact) mass is 344 g/mol. The number of hydrogen-bond donors (Lipinski definition) is 0. The van der Waals surface area contributed by atoms with Crippen LogP contribution >= 0.6 is 11.6 Å². The van der Waals surface area contributed by atoms with E-state index in [2.05, 4.69) is 47.2 Å². The normalized spacial score (nSPS) is 11.6. The lowest BCUT2D eigenvalue weighted by atomic mass is 10.3. The molecule has 0 spiro atoms. The van der Waals surface area contributed by atoms with Crippen molar-refractivity contribution in [2.24, 2.45) is 0 Å². The molecule has 0 saturated heterocycles. The summed E-state index contributed by atoms with van der Waals surface area (Å²) >= 11 is 6.08. The van der Waals surface area contributed by atoms with E-state index in [1.54, 1.807) is 0 Å². The largest absolute Gasteiger partial charge is 0.287 e. The van der Waals surface area contributed by atoms with Gasteiger partial charge in [0.2, 0.25) is 0 Å². The molecular formula is C14H14Cl2N2O4. The smallest absolute Gasteiger partial charge is 0.223 e. The molecule has 3 rings (SSSR count). The maximum atomic E-state index is 8.49. The minimum atomic E-state index is -4.94. The molecule has 0 aliphatic rings. The molecule has 22 heavy (non-hydrogen) atoms. The Bertz CT molecular complexity index is 806. The highest BCUT2D eigenvalue weighted by Crippen LogP contribution is 2.20. The molecular weight excluding hydrogens is 331 g/mol. The summed E-state index contributed by atoms with van der Waals surface area (Å²) in [5, 5.41) is 0.778. The van der Waals surface area contributed by atoms with E-state index >= 15 is 0 Å². The van der Waals surface area contributed by atoms with Crippen LogP contribution in [0.4, 0.5) is 0 Å². The van der Waals surface area contributed by atoms with Crippen molar-refractivity contribution in [2.75, 3.05) is 0 Å². The Morgan fingerprint density at radius 3 is 2.36 bits per heavy atom. The van der Waals surface area contributed by atoms with Gasteiger partial charge in [0, 0.05) is 17.2 Å². The van der Waals surface area contributed by atoms with Gasteiger partial charge in [0.15, 0.2) is 11.0 Å². The van der Waals surface area contributed by atoms with Gasteiger partial charge in [0.1, 0.15) is 0 Å². The first kappa shape index (κ1) is 17.0. The van der Waals surface area contributed by atoms with Gasteiger partial charge in [-0.2, -0.15) is 4.40 Å². The number of nitrogens with zero attached hydrogens (tertiary/aromatic N) is 2. The van der Waals surface area contributed by atoms with Crippen LogP contribution < -0.4 is 23.2 Å². The molecule has 8 heteroatoms. The molecule has 0 aliphatic carbocycles. The topological polar surface area (TPSA) is 101 Å². The number of aryl methyl sites for hydroxylation is 2. The summed E-state index contributed by atoms with van der Waals surface area (Å²) < 4.78 is 38.5. The summed E-state index contributed by atoms with van der Waals surface area (Å²) in [6.07, 6.45) is 2.11. The second kappa shape index (κ2) is 6.37. The predicted octanol–water partition coefficient (Wildman–Crippen LogP) is -1.39. The van der Waals surface area contributed by atoms with Crippen LogP contribution in [0.15, 0.2) is 36.5 Å². The van der Waals surface area contributed by atoms with E-state index in [9.17, 15) is 0 Å². The summed E-state index contributed by atoms with van der Waals surface area (Å²) in [5.41, 5.74) is 4.87. The number of rotatable bonds is 1. The summed E-state index contributed by atoms with van der Waals surface area (Å²) in [6, 6.07) is 10.4. The Hall–Kier alpha value is -1.41. The lowest BCUT2D eigenvalue weighted by Crippen LogP contribution is -2.68. The van der Waals surface area contributed by atoms with Crippen molar-refractivity contribution < 1.29 is 33.4 Å². The van der Waals surface area contributed by atoms with E-state index in [0.717, 1.165) is 17.1 Å². The van der Waals surface area contributed by atoms with E-state index in [0.29, 0.717) is 0 Å². The van der Waals surface area contributed by atoms with Crippen molar-refractivity contribution in [3.8, 4) is 0 Å². The quantitative estimate of drug-likeness (QED) is 0.507. The van der Waals surface area contributed by atoms with Crippen LogP contribution in [-0.4, -0.2) is 4.40 Å². The molecule has 2 aromatic heterocycles. The second-order valence-corrected chi connectivity index (χ2v) is 5.88. The third-order valence-electron chi connectivity index (χ3n) is 3.17. The molecule has 118 valence electrons. The SMILES string of the molecule is CC[n+]1c2ccc(Cl)cc2n2ccc(C)cc21.[O-][Cl+3]([O-])([O-])[O-]. The lowest BCUT2D eigenvalue weighted by Gasteiger charge is -2.17. The Labute approximate surface area is 134 Å². The van der Waals surface area contributed by atoms with Crippen LogP contribution in [0.5, 0.6) is 0 Å². The molecule has 0 unspecified atom stereocenters. The highest BCUT2D eigenvalue weighted by Gasteiger charge is 2.17. The van der Waals surface area contributed by atoms with Gasteiger partial charge >= 0.3 is 0 Å². The number of aromatic nitrogens is 2. The Balaban J connectivity index is 0.000000309. The second-order valence-electron chi connectivity index (χ2n) is 4.69. The third kappa shape index (κ3) is 3.86. The van der Waals surface area contributed by atoms with Crippen molar-refractivity contribution in [3.63, 3.8) is 0 Å². The summed E-state index contributed by atoms with van der Waals surface area (Å²) in [5.74, 6) is 0. The highest BCUT2D eigenvalue weighted by atomic mass is 35.7. The fourth-order valence-corrected chi connectivity index (χ4v) is 2.54. The average molecular weight is 345 g/mol. The van der Waals surface area contributed by atoms with Gasteiger partial charge in [-0.25, -0.2) is 23.2 Å². The van der Waals surface area contributed by atoms with Gasteiger partial charge in [-0.15, -0.1) is 10.2 Å². The molecule has 0 saturated carbocycles. The van der Waals surface area contributed by atoms with E-state index in [-0.39, 0.29) is 0 Å². The Kier molecular flexibility index (Phi) is 4.91. The minimum Gasteiger partial charge on any atom is -0.223 e. The summed E-state index contributed by atoms with van der Waals surface area (Å²) in [6.45, 7) is 5.24. The number of imidazole rings is 1. The number of fused-ring (bicyclic) bond motifs is 3. The van der Waals surface area contributed by atoms with Crippen molar-refractivity contribution in [3.05, 3.63) is 47.1 Å². The molecule has 0 fully saturated rings. The van der Waals surface area contributed by atoms with E-state index in [4.69, 9.17) is 30.2 Å². The maximum absolute atomic E-state index is 8.49. The number of pyridine rings is 1. The number of benzene rings is 1. The zero-order valence-electron chi connectivity index (χ0n) is 12.0. The standard InChI is InChI=1S/C14H14ClN2.ClHO4/c1-3-16-12-5-4-11(15)9-13(12)17-7-6-10(2)8-14(16)17;2-1(3,4)5/h4-9H,3H2,1-2H3;(H,2,3,4,5)/q+1;/p-1. The molecule has 0 amide bonds. The van der Waals surface area contributed by atoms with E-state index < -0.39 is 10.2 Å². The molecule has 6 nitrogen and oxygen atoms in total. The minimum absolute atomic E-state index is 0.778. The maximum Gasteiger partial charge on any atom is 0.287 e. The van der Waals surface area contributed by atoms with Gasteiger partial charge in [-0.1, -0.05) is 11.6 Å². The third-order valence-corrected chi connectivity index (χ3v) is 3.41. The van der Waals surface area contributed by atoms with Crippen LogP contribution in [0.1, 0.15) is 12.5 Å². The molecule has 0 atom stereocenters. The Morgan fingerprint density at radius 1 is 1.14 bits per heavy atom. The zero-order chi connectivity index (χ0) is 16.5. The first-order chi connectivity index (χ1) is 10.2. The molecule has 1 aromatic carbocycles. The summed E-state index contributed by atoms with van der Waals surface area (Å²) in [7, 11) is -4.94. The van der Waals surface area contributed by atoms with E-state index in [1.165, 1.54) is 16.7 Å². The van der Waals surface area contributed by atoms with Crippen molar-refractivity contribution in [2.45, 2.75) is 20.4 Å². The van der Waals surface area contributed by atoms with Gasteiger partial charge in [0.05, 0.1) is 12.7 Å².